The Morgan fingerprint density at radius 1 is 0.931 bits per heavy atom. The summed E-state index contributed by atoms with van der Waals surface area (Å²) in [7, 11) is 0. The molecule has 0 saturated carbocycles. The topological polar surface area (TPSA) is 93.7 Å². The highest BCUT2D eigenvalue weighted by molar-refractivity contribution is 6.04. The van der Waals surface area contributed by atoms with Gasteiger partial charge in [0.2, 0.25) is 0 Å². The van der Waals surface area contributed by atoms with E-state index in [1.165, 1.54) is 0 Å². The smallest absolute Gasteiger partial charge is 0.407 e. The van der Waals surface area contributed by atoms with E-state index in [-0.39, 0.29) is 25.5 Å². The Hall–Kier alpha value is -3.35. The van der Waals surface area contributed by atoms with Crippen LogP contribution in [0.3, 0.4) is 0 Å². The first-order chi connectivity index (χ1) is 13.7. The fourth-order valence-corrected chi connectivity index (χ4v) is 2.29. The molecule has 0 aliphatic heterocycles. The van der Waals surface area contributed by atoms with Crippen LogP contribution >= 0.6 is 0 Å². The summed E-state index contributed by atoms with van der Waals surface area (Å²) in [5.41, 5.74) is 1.39. The van der Waals surface area contributed by atoms with Gasteiger partial charge in [0.25, 0.3) is 5.91 Å². The van der Waals surface area contributed by atoms with E-state index >= 15 is 0 Å². The molecule has 0 aromatic heterocycles. The SMILES string of the molecule is CC(C)(C)OC(=O)NCCC(=O)OCc1ccc(C(=O)Nc2ccccc2)cc1. The Balaban J connectivity index is 1.72. The molecular weight excluding hydrogens is 372 g/mol. The number of amides is 2. The number of carbonyl (C=O) groups is 3. The van der Waals surface area contributed by atoms with E-state index in [0.29, 0.717) is 5.56 Å². The summed E-state index contributed by atoms with van der Waals surface area (Å²) in [6, 6.07) is 16.0. The lowest BCUT2D eigenvalue weighted by Crippen LogP contribution is -2.33. The van der Waals surface area contributed by atoms with Gasteiger partial charge in [-0.2, -0.15) is 0 Å². The lowest BCUT2D eigenvalue weighted by atomic mass is 10.1. The highest BCUT2D eigenvalue weighted by Gasteiger charge is 2.16. The summed E-state index contributed by atoms with van der Waals surface area (Å²) in [5, 5.41) is 5.31. The van der Waals surface area contributed by atoms with Gasteiger partial charge in [-0.25, -0.2) is 4.79 Å². The molecule has 154 valence electrons. The second-order valence-electron chi connectivity index (χ2n) is 7.36. The number of para-hydroxylation sites is 1. The summed E-state index contributed by atoms with van der Waals surface area (Å²) in [6.07, 6.45) is -0.536. The minimum absolute atomic E-state index is 0.0385. The second-order valence-corrected chi connectivity index (χ2v) is 7.36. The molecule has 7 nitrogen and oxygen atoms in total. The monoisotopic (exact) mass is 398 g/mol. The number of nitrogens with one attached hydrogen (secondary N) is 2. The Morgan fingerprint density at radius 3 is 2.21 bits per heavy atom. The third-order valence-corrected chi connectivity index (χ3v) is 3.64. The molecule has 0 aliphatic rings. The summed E-state index contributed by atoms with van der Waals surface area (Å²) >= 11 is 0. The summed E-state index contributed by atoms with van der Waals surface area (Å²) in [6.45, 7) is 5.50. The Labute approximate surface area is 170 Å². The van der Waals surface area contributed by atoms with Gasteiger partial charge in [0.05, 0.1) is 6.42 Å². The molecule has 2 rings (SSSR count). The molecule has 7 heteroatoms. The maximum absolute atomic E-state index is 12.2. The fourth-order valence-electron chi connectivity index (χ4n) is 2.29. The number of hydrogen-bond acceptors (Lipinski definition) is 5. The first kappa shape index (κ1) is 21.9. The van der Waals surface area contributed by atoms with Crippen molar-refractivity contribution in [3.8, 4) is 0 Å². The third-order valence-electron chi connectivity index (χ3n) is 3.64. The maximum atomic E-state index is 12.2. The molecule has 29 heavy (non-hydrogen) atoms. The molecule has 0 saturated heterocycles. The van der Waals surface area contributed by atoms with Crippen LogP contribution < -0.4 is 10.6 Å². The van der Waals surface area contributed by atoms with Gasteiger partial charge in [0.1, 0.15) is 12.2 Å². The molecule has 0 atom stereocenters. The van der Waals surface area contributed by atoms with Crippen LogP contribution in [0, 0.1) is 0 Å². The average molecular weight is 398 g/mol. The van der Waals surface area contributed by atoms with Crippen LogP contribution in [0.2, 0.25) is 0 Å². The van der Waals surface area contributed by atoms with E-state index in [2.05, 4.69) is 10.6 Å². The summed E-state index contributed by atoms with van der Waals surface area (Å²) in [5.74, 6) is -0.653. The molecular formula is C22H26N2O5. The van der Waals surface area contributed by atoms with Crippen molar-refractivity contribution in [1.29, 1.82) is 0 Å². The standard InChI is InChI=1S/C22H26N2O5/c1-22(2,3)29-21(27)23-14-13-19(25)28-15-16-9-11-17(12-10-16)20(26)24-18-7-5-4-6-8-18/h4-12H,13-15H2,1-3H3,(H,23,27)(H,24,26). The normalized spacial score (nSPS) is 10.7. The van der Waals surface area contributed by atoms with E-state index in [9.17, 15) is 14.4 Å². The van der Waals surface area contributed by atoms with Gasteiger partial charge in [-0.1, -0.05) is 30.3 Å². The molecule has 2 aromatic rings. The van der Waals surface area contributed by atoms with Crippen molar-refractivity contribution in [2.45, 2.75) is 39.4 Å². The predicted molar refractivity (Wildman–Crippen MR) is 109 cm³/mol. The van der Waals surface area contributed by atoms with Crippen LogP contribution in [0.5, 0.6) is 0 Å². The van der Waals surface area contributed by atoms with Crippen LogP contribution in [-0.2, 0) is 20.9 Å². The van der Waals surface area contributed by atoms with Crippen molar-refractivity contribution in [2.75, 3.05) is 11.9 Å². The van der Waals surface area contributed by atoms with Crippen LogP contribution in [0.15, 0.2) is 54.6 Å². The predicted octanol–water partition coefficient (Wildman–Crippen LogP) is 3.90. The van der Waals surface area contributed by atoms with Crippen LogP contribution in [0.1, 0.15) is 43.1 Å². The van der Waals surface area contributed by atoms with Crippen molar-refractivity contribution < 1.29 is 23.9 Å². The molecule has 0 unspecified atom stereocenters. The van der Waals surface area contributed by atoms with Gasteiger partial charge in [-0.3, -0.25) is 9.59 Å². The van der Waals surface area contributed by atoms with E-state index < -0.39 is 17.7 Å². The number of hydrogen-bond donors (Lipinski definition) is 2. The molecule has 2 N–H and O–H groups in total. The summed E-state index contributed by atoms with van der Waals surface area (Å²) < 4.78 is 10.3. The minimum atomic E-state index is -0.589. The van der Waals surface area contributed by atoms with E-state index in [0.717, 1.165) is 11.3 Å². The molecule has 2 amide bonds. The van der Waals surface area contributed by atoms with Gasteiger partial charge < -0.3 is 20.1 Å². The molecule has 0 aliphatic carbocycles. The number of benzene rings is 2. The van der Waals surface area contributed by atoms with Gasteiger partial charge in [0, 0.05) is 17.8 Å². The third kappa shape index (κ3) is 8.47. The van der Waals surface area contributed by atoms with Crippen molar-refractivity contribution in [2.24, 2.45) is 0 Å². The molecule has 0 radical (unpaired) electrons. The first-order valence-corrected chi connectivity index (χ1v) is 9.31. The first-order valence-electron chi connectivity index (χ1n) is 9.31. The largest absolute Gasteiger partial charge is 0.461 e. The molecule has 0 bridgehead atoms. The average Bonchev–Trinajstić information content (AvgIpc) is 2.66. The number of esters is 1. The lowest BCUT2D eigenvalue weighted by Gasteiger charge is -2.19. The molecule has 0 spiro atoms. The quantitative estimate of drug-likeness (QED) is 0.690. The van der Waals surface area contributed by atoms with Crippen LogP contribution in [0.25, 0.3) is 0 Å². The van der Waals surface area contributed by atoms with Crippen molar-refractivity contribution in [3.63, 3.8) is 0 Å². The second kappa shape index (κ2) is 10.3. The maximum Gasteiger partial charge on any atom is 0.407 e. The van der Waals surface area contributed by atoms with Gasteiger partial charge >= 0.3 is 12.1 Å². The van der Waals surface area contributed by atoms with Gasteiger partial charge in [0.15, 0.2) is 0 Å². The Kier molecular flexibility index (Phi) is 7.77. The Morgan fingerprint density at radius 2 is 1.59 bits per heavy atom. The Bertz CT molecular complexity index is 827. The van der Waals surface area contributed by atoms with Crippen molar-refractivity contribution in [3.05, 3.63) is 65.7 Å². The zero-order chi connectivity index (χ0) is 21.3. The van der Waals surface area contributed by atoms with Gasteiger partial charge in [-0.15, -0.1) is 0 Å². The van der Waals surface area contributed by atoms with Crippen LogP contribution in [0.4, 0.5) is 10.5 Å². The van der Waals surface area contributed by atoms with E-state index in [1.807, 2.05) is 30.3 Å². The van der Waals surface area contributed by atoms with Gasteiger partial charge in [-0.05, 0) is 50.6 Å². The zero-order valence-electron chi connectivity index (χ0n) is 16.9. The highest BCUT2D eigenvalue weighted by Crippen LogP contribution is 2.11. The van der Waals surface area contributed by atoms with E-state index in [1.54, 1.807) is 45.0 Å². The van der Waals surface area contributed by atoms with E-state index in [4.69, 9.17) is 9.47 Å². The van der Waals surface area contributed by atoms with Crippen molar-refractivity contribution in [1.82, 2.24) is 5.32 Å². The minimum Gasteiger partial charge on any atom is -0.461 e. The van der Waals surface area contributed by atoms with Crippen molar-refractivity contribution >= 4 is 23.7 Å². The number of alkyl carbamates (subject to hydrolysis) is 1. The number of rotatable bonds is 7. The summed E-state index contributed by atoms with van der Waals surface area (Å²) in [4.78, 5) is 35.5. The highest BCUT2D eigenvalue weighted by atomic mass is 16.6. The number of ether oxygens (including phenoxy) is 2. The molecule has 2 aromatic carbocycles. The number of anilines is 1. The number of carbonyl (C=O) groups excluding carboxylic acids is 3. The zero-order valence-corrected chi connectivity index (χ0v) is 16.9. The molecule has 0 fully saturated rings. The van der Waals surface area contributed by atoms with Crippen LogP contribution in [-0.4, -0.2) is 30.1 Å². The lowest BCUT2D eigenvalue weighted by molar-refractivity contribution is -0.144. The fraction of sp³-hybridized carbons (Fsp3) is 0.318. The molecule has 0 heterocycles.